The standard InChI is InChI=1S/C28H35F3O7/c1-3-26(32)35-17-20-5-9-21(10-6-20)27(33)38-23-13-14-25(24(15-23)28(29,30)31)37-18-36-22-11-7-19(8-12-22)16-34-4-2/h3-4,13-15,19-22H,1-2,5-12,16-18H2. The lowest BCUT2D eigenvalue weighted by Gasteiger charge is -2.28. The molecule has 1 aromatic carbocycles. The average molecular weight is 541 g/mol. The molecule has 0 amide bonds. The third kappa shape index (κ3) is 9.08. The summed E-state index contributed by atoms with van der Waals surface area (Å²) in [5.41, 5.74) is -1.04. The molecule has 2 fully saturated rings. The Labute approximate surface area is 220 Å². The van der Waals surface area contributed by atoms with Gasteiger partial charge in [0.05, 0.1) is 31.5 Å². The molecule has 1 aromatic rings. The minimum Gasteiger partial charge on any atom is -0.502 e. The van der Waals surface area contributed by atoms with E-state index in [1.165, 1.54) is 12.3 Å². The van der Waals surface area contributed by atoms with E-state index in [4.69, 9.17) is 23.7 Å². The first-order valence-electron chi connectivity index (χ1n) is 12.9. The van der Waals surface area contributed by atoms with Crippen LogP contribution in [0.1, 0.15) is 56.9 Å². The molecule has 3 rings (SSSR count). The molecular weight excluding hydrogens is 505 g/mol. The molecule has 0 spiro atoms. The van der Waals surface area contributed by atoms with Crippen LogP contribution in [0.4, 0.5) is 13.2 Å². The number of benzene rings is 1. The van der Waals surface area contributed by atoms with Gasteiger partial charge < -0.3 is 23.7 Å². The summed E-state index contributed by atoms with van der Waals surface area (Å²) in [6.45, 7) is 7.41. The molecule has 0 aliphatic heterocycles. The minimum absolute atomic E-state index is 0.0892. The Bertz CT molecular complexity index is 946. The van der Waals surface area contributed by atoms with Crippen LogP contribution in [0.5, 0.6) is 11.5 Å². The highest BCUT2D eigenvalue weighted by Crippen LogP contribution is 2.39. The van der Waals surface area contributed by atoms with Crippen molar-refractivity contribution in [2.24, 2.45) is 17.8 Å². The lowest BCUT2D eigenvalue weighted by Crippen LogP contribution is -2.27. The van der Waals surface area contributed by atoms with Gasteiger partial charge in [0, 0.05) is 6.08 Å². The summed E-state index contributed by atoms with van der Waals surface area (Å²) in [4.78, 5) is 23.8. The Kier molecular flexibility index (Phi) is 11.1. The predicted octanol–water partition coefficient (Wildman–Crippen LogP) is 6.22. The molecule has 7 nitrogen and oxygen atoms in total. The Morgan fingerprint density at radius 1 is 0.947 bits per heavy atom. The quantitative estimate of drug-likeness (QED) is 0.102. The maximum absolute atomic E-state index is 13.7. The molecule has 2 aliphatic rings. The maximum Gasteiger partial charge on any atom is 0.420 e. The van der Waals surface area contributed by atoms with E-state index < -0.39 is 29.6 Å². The van der Waals surface area contributed by atoms with Crippen LogP contribution in [0.3, 0.4) is 0 Å². The molecular formula is C28H35F3O7. The molecule has 0 heterocycles. The van der Waals surface area contributed by atoms with Gasteiger partial charge in [-0.05, 0) is 81.4 Å². The monoisotopic (exact) mass is 540 g/mol. The third-order valence-corrected chi connectivity index (χ3v) is 7.04. The lowest BCUT2D eigenvalue weighted by molar-refractivity contribution is -0.144. The predicted molar refractivity (Wildman–Crippen MR) is 132 cm³/mol. The van der Waals surface area contributed by atoms with Gasteiger partial charge >= 0.3 is 18.1 Å². The van der Waals surface area contributed by atoms with E-state index in [2.05, 4.69) is 13.2 Å². The van der Waals surface area contributed by atoms with Crippen LogP contribution in [0, 0.1) is 17.8 Å². The molecule has 0 unspecified atom stereocenters. The van der Waals surface area contributed by atoms with Crippen molar-refractivity contribution < 1.29 is 46.4 Å². The van der Waals surface area contributed by atoms with Crippen LogP contribution in [0.2, 0.25) is 0 Å². The van der Waals surface area contributed by atoms with Crippen molar-refractivity contribution in [3.8, 4) is 11.5 Å². The van der Waals surface area contributed by atoms with Crippen LogP contribution in [-0.2, 0) is 30.0 Å². The normalized spacial score (nSPS) is 23.7. The first-order chi connectivity index (χ1) is 18.2. The fraction of sp³-hybridized carbons (Fsp3) is 0.571. The molecule has 0 aromatic heterocycles. The van der Waals surface area contributed by atoms with Crippen molar-refractivity contribution >= 4 is 11.9 Å². The maximum atomic E-state index is 13.7. The van der Waals surface area contributed by atoms with Gasteiger partial charge in [0.25, 0.3) is 0 Å². The summed E-state index contributed by atoms with van der Waals surface area (Å²) in [6.07, 6.45) is 3.36. The molecule has 0 radical (unpaired) electrons. The van der Waals surface area contributed by atoms with Crippen LogP contribution >= 0.6 is 0 Å². The van der Waals surface area contributed by atoms with E-state index >= 15 is 0 Å². The van der Waals surface area contributed by atoms with Crippen molar-refractivity contribution in [3.05, 3.63) is 49.3 Å². The summed E-state index contributed by atoms with van der Waals surface area (Å²) < 4.78 is 67.7. The highest BCUT2D eigenvalue weighted by atomic mass is 19.4. The minimum atomic E-state index is -4.71. The third-order valence-electron chi connectivity index (χ3n) is 7.04. The van der Waals surface area contributed by atoms with Crippen LogP contribution in [-0.4, -0.2) is 38.0 Å². The second-order valence-electron chi connectivity index (χ2n) is 9.70. The molecule has 0 saturated heterocycles. The summed E-state index contributed by atoms with van der Waals surface area (Å²) in [5, 5.41) is 0. The van der Waals surface area contributed by atoms with Gasteiger partial charge in [-0.3, -0.25) is 4.79 Å². The van der Waals surface area contributed by atoms with Crippen LogP contribution in [0.25, 0.3) is 0 Å². The number of hydrogen-bond acceptors (Lipinski definition) is 7. The van der Waals surface area contributed by atoms with E-state index in [1.807, 2.05) is 0 Å². The largest absolute Gasteiger partial charge is 0.502 e. The number of halogens is 3. The Morgan fingerprint density at radius 2 is 1.61 bits per heavy atom. The number of carbonyl (C=O) groups excluding carboxylic acids is 2. The SMILES string of the molecule is C=COCC1CCC(OCOc2ccc(OC(=O)C3CCC(COC(=O)C=C)CC3)cc2C(F)(F)F)CC1. The number of carbonyl (C=O) groups is 2. The Balaban J connectivity index is 1.49. The van der Waals surface area contributed by atoms with Crippen molar-refractivity contribution in [1.82, 2.24) is 0 Å². The summed E-state index contributed by atoms with van der Waals surface area (Å²) >= 11 is 0. The zero-order valence-corrected chi connectivity index (χ0v) is 21.4. The van der Waals surface area contributed by atoms with Crippen molar-refractivity contribution in [3.63, 3.8) is 0 Å². The van der Waals surface area contributed by atoms with E-state index in [9.17, 15) is 22.8 Å². The highest BCUT2D eigenvalue weighted by Gasteiger charge is 2.36. The van der Waals surface area contributed by atoms with Gasteiger partial charge in [-0.1, -0.05) is 13.2 Å². The number of hydrogen-bond donors (Lipinski definition) is 0. The van der Waals surface area contributed by atoms with Crippen molar-refractivity contribution in [2.75, 3.05) is 20.0 Å². The summed E-state index contributed by atoms with van der Waals surface area (Å²) in [5.74, 6) is -1.55. The number of rotatable bonds is 12. The smallest absolute Gasteiger partial charge is 0.420 e. The highest BCUT2D eigenvalue weighted by molar-refractivity contribution is 5.81. The van der Waals surface area contributed by atoms with Gasteiger partial charge in [-0.15, -0.1) is 0 Å². The molecule has 10 heteroatoms. The first kappa shape index (κ1) is 29.5. The van der Waals surface area contributed by atoms with E-state index in [-0.39, 0.29) is 36.9 Å². The summed E-state index contributed by atoms with van der Waals surface area (Å²) in [7, 11) is 0. The average Bonchev–Trinajstić information content (AvgIpc) is 2.91. The van der Waals surface area contributed by atoms with E-state index in [1.54, 1.807) is 0 Å². The van der Waals surface area contributed by atoms with E-state index in [0.29, 0.717) is 38.2 Å². The zero-order chi connectivity index (χ0) is 27.5. The molecule has 0 bridgehead atoms. The summed E-state index contributed by atoms with van der Waals surface area (Å²) in [6, 6.07) is 3.20. The molecule has 2 aliphatic carbocycles. The molecule has 0 N–H and O–H groups in total. The van der Waals surface area contributed by atoms with Crippen LogP contribution < -0.4 is 9.47 Å². The number of alkyl halides is 3. The van der Waals surface area contributed by atoms with Crippen molar-refractivity contribution in [1.29, 1.82) is 0 Å². The van der Waals surface area contributed by atoms with Gasteiger partial charge in [0.1, 0.15) is 17.1 Å². The van der Waals surface area contributed by atoms with Crippen LogP contribution in [0.15, 0.2) is 43.7 Å². The zero-order valence-electron chi connectivity index (χ0n) is 21.4. The van der Waals surface area contributed by atoms with Gasteiger partial charge in [-0.2, -0.15) is 13.2 Å². The van der Waals surface area contributed by atoms with Crippen molar-refractivity contribution in [2.45, 2.75) is 63.6 Å². The van der Waals surface area contributed by atoms with Gasteiger partial charge in [0.15, 0.2) is 6.79 Å². The lowest BCUT2D eigenvalue weighted by atomic mass is 9.82. The molecule has 210 valence electrons. The first-order valence-corrected chi connectivity index (χ1v) is 12.9. The van der Waals surface area contributed by atoms with Gasteiger partial charge in [0.2, 0.25) is 0 Å². The number of ether oxygens (including phenoxy) is 5. The topological polar surface area (TPSA) is 80.3 Å². The molecule has 38 heavy (non-hydrogen) atoms. The molecule has 0 atom stereocenters. The Morgan fingerprint density at radius 3 is 2.24 bits per heavy atom. The van der Waals surface area contributed by atoms with E-state index in [0.717, 1.165) is 43.9 Å². The van der Waals surface area contributed by atoms with Gasteiger partial charge in [-0.25, -0.2) is 4.79 Å². The number of esters is 2. The second kappa shape index (κ2) is 14.2. The molecule has 2 saturated carbocycles. The fourth-order valence-corrected chi connectivity index (χ4v) is 4.81. The Hall–Kier alpha value is -3.01. The second-order valence-corrected chi connectivity index (χ2v) is 9.70. The fourth-order valence-electron chi connectivity index (χ4n) is 4.81.